The zero-order valence-corrected chi connectivity index (χ0v) is 16.7. The molecular formula is C17H24IN3S. The maximum atomic E-state index is 6.00. The Kier molecular flexibility index (Phi) is 6.87. The smallest absolute Gasteiger partial charge is 0.193 e. The molecule has 1 heterocycles. The van der Waals surface area contributed by atoms with Gasteiger partial charge in [-0.3, -0.25) is 4.99 Å². The molecule has 22 heavy (non-hydrogen) atoms. The topological polar surface area (TPSA) is 50.4 Å². The summed E-state index contributed by atoms with van der Waals surface area (Å²) in [6, 6.07) is 10.4. The van der Waals surface area contributed by atoms with Gasteiger partial charge in [-0.15, -0.1) is 35.3 Å². The second kappa shape index (κ2) is 7.97. The predicted molar refractivity (Wildman–Crippen MR) is 109 cm³/mol. The van der Waals surface area contributed by atoms with Crippen molar-refractivity contribution in [3.63, 3.8) is 0 Å². The summed E-state index contributed by atoms with van der Waals surface area (Å²) < 4.78 is 0. The van der Waals surface area contributed by atoms with Crippen molar-refractivity contribution in [1.29, 1.82) is 0 Å². The second-order valence-corrected chi connectivity index (χ2v) is 6.93. The summed E-state index contributed by atoms with van der Waals surface area (Å²) in [6.07, 6.45) is 0. The first kappa shape index (κ1) is 19.0. The summed E-state index contributed by atoms with van der Waals surface area (Å²) in [5.74, 6) is 0.461. The number of thiophene rings is 1. The van der Waals surface area contributed by atoms with Crippen LogP contribution >= 0.6 is 35.3 Å². The molecule has 120 valence electrons. The van der Waals surface area contributed by atoms with Crippen molar-refractivity contribution < 1.29 is 0 Å². The highest BCUT2D eigenvalue weighted by Gasteiger charge is 2.21. The molecule has 0 aliphatic rings. The van der Waals surface area contributed by atoms with E-state index in [0.717, 1.165) is 5.69 Å². The Balaban J connectivity index is 0.00000242. The monoisotopic (exact) mass is 429 g/mol. The second-order valence-electron chi connectivity index (χ2n) is 5.99. The first-order chi connectivity index (χ1) is 9.88. The molecule has 0 saturated heterocycles. The molecule has 3 nitrogen and oxygen atoms in total. The van der Waals surface area contributed by atoms with E-state index in [-0.39, 0.29) is 29.4 Å². The summed E-state index contributed by atoms with van der Waals surface area (Å²) in [6.45, 7) is 9.22. The lowest BCUT2D eigenvalue weighted by atomic mass is 9.92. The largest absolute Gasteiger partial charge is 0.370 e. The number of benzene rings is 1. The van der Waals surface area contributed by atoms with Crippen LogP contribution in [0.25, 0.3) is 0 Å². The van der Waals surface area contributed by atoms with Gasteiger partial charge in [-0.05, 0) is 48.6 Å². The van der Waals surface area contributed by atoms with Crippen molar-refractivity contribution in [1.82, 2.24) is 0 Å². The van der Waals surface area contributed by atoms with Crippen molar-refractivity contribution in [2.45, 2.75) is 33.1 Å². The van der Waals surface area contributed by atoms with E-state index in [2.05, 4.69) is 67.6 Å². The van der Waals surface area contributed by atoms with E-state index < -0.39 is 0 Å². The number of hydrogen-bond acceptors (Lipinski definition) is 2. The fourth-order valence-corrected chi connectivity index (χ4v) is 2.88. The van der Waals surface area contributed by atoms with Gasteiger partial charge in [0.25, 0.3) is 0 Å². The normalized spacial score (nSPS) is 11.9. The fraction of sp³-hybridized carbons (Fsp3) is 0.353. The average Bonchev–Trinajstić information content (AvgIpc) is 2.96. The number of nitrogens with one attached hydrogen (secondary N) is 1. The Morgan fingerprint density at radius 1 is 1.23 bits per heavy atom. The summed E-state index contributed by atoms with van der Waals surface area (Å²) in [4.78, 5) is 5.81. The quantitative estimate of drug-likeness (QED) is 0.421. The van der Waals surface area contributed by atoms with E-state index in [4.69, 9.17) is 5.73 Å². The van der Waals surface area contributed by atoms with Crippen molar-refractivity contribution in [2.75, 3.05) is 11.9 Å². The number of rotatable bonds is 4. The van der Waals surface area contributed by atoms with E-state index in [1.165, 1.54) is 16.0 Å². The summed E-state index contributed by atoms with van der Waals surface area (Å²) >= 11 is 1.76. The number of guanidine groups is 1. The Hall–Kier alpha value is -1.08. The number of aryl methyl sites for hydroxylation is 2. The Labute approximate surface area is 154 Å². The van der Waals surface area contributed by atoms with Crippen LogP contribution in [0.1, 0.15) is 29.9 Å². The van der Waals surface area contributed by atoms with Crippen LogP contribution in [0.2, 0.25) is 0 Å². The lowest BCUT2D eigenvalue weighted by Gasteiger charge is -2.21. The minimum atomic E-state index is 0. The predicted octanol–water partition coefficient (Wildman–Crippen LogP) is 4.69. The van der Waals surface area contributed by atoms with Crippen LogP contribution in [0.15, 0.2) is 40.7 Å². The number of aliphatic imine (C=N–C) groups is 1. The molecule has 2 aromatic rings. The molecule has 2 rings (SSSR count). The highest BCUT2D eigenvalue weighted by molar-refractivity contribution is 14.0. The van der Waals surface area contributed by atoms with Crippen LogP contribution in [-0.2, 0) is 5.41 Å². The molecule has 0 atom stereocenters. The van der Waals surface area contributed by atoms with Crippen LogP contribution in [0.3, 0.4) is 0 Å². The molecule has 5 heteroatoms. The summed E-state index contributed by atoms with van der Waals surface area (Å²) in [5.41, 5.74) is 9.50. The van der Waals surface area contributed by atoms with E-state index >= 15 is 0 Å². The van der Waals surface area contributed by atoms with Gasteiger partial charge < -0.3 is 11.1 Å². The zero-order chi connectivity index (χ0) is 15.5. The molecule has 0 fully saturated rings. The van der Waals surface area contributed by atoms with Gasteiger partial charge >= 0.3 is 0 Å². The molecular weight excluding hydrogens is 405 g/mol. The van der Waals surface area contributed by atoms with Crippen LogP contribution in [0.4, 0.5) is 5.69 Å². The summed E-state index contributed by atoms with van der Waals surface area (Å²) in [7, 11) is 0. The fourth-order valence-electron chi connectivity index (χ4n) is 2.03. The number of halogens is 1. The number of hydrogen-bond donors (Lipinski definition) is 2. The zero-order valence-electron chi connectivity index (χ0n) is 13.5. The third kappa shape index (κ3) is 4.98. The highest BCUT2D eigenvalue weighted by Crippen LogP contribution is 2.27. The van der Waals surface area contributed by atoms with E-state index in [0.29, 0.717) is 12.5 Å². The summed E-state index contributed by atoms with van der Waals surface area (Å²) in [5, 5.41) is 5.25. The number of nitrogens with zero attached hydrogens (tertiary/aromatic N) is 1. The third-order valence-corrected chi connectivity index (χ3v) is 4.85. The molecule has 0 bridgehead atoms. The van der Waals surface area contributed by atoms with Crippen LogP contribution in [-0.4, -0.2) is 12.5 Å². The molecule has 0 unspecified atom stereocenters. The van der Waals surface area contributed by atoms with Gasteiger partial charge in [0.1, 0.15) is 0 Å². The van der Waals surface area contributed by atoms with Crippen LogP contribution in [0.5, 0.6) is 0 Å². The van der Waals surface area contributed by atoms with Crippen molar-refractivity contribution in [2.24, 2.45) is 10.7 Å². The Morgan fingerprint density at radius 2 is 1.95 bits per heavy atom. The molecule has 1 aromatic carbocycles. The maximum Gasteiger partial charge on any atom is 0.193 e. The van der Waals surface area contributed by atoms with Gasteiger partial charge in [0.15, 0.2) is 5.96 Å². The molecule has 0 aliphatic carbocycles. The van der Waals surface area contributed by atoms with Crippen molar-refractivity contribution in [3.05, 3.63) is 51.7 Å². The van der Waals surface area contributed by atoms with Gasteiger partial charge in [0.2, 0.25) is 0 Å². The Bertz CT molecular complexity index is 633. The lowest BCUT2D eigenvalue weighted by Crippen LogP contribution is -2.27. The van der Waals surface area contributed by atoms with Crippen LogP contribution < -0.4 is 11.1 Å². The van der Waals surface area contributed by atoms with Gasteiger partial charge in [0, 0.05) is 16.0 Å². The standard InChI is InChI=1S/C17H23N3S.HI/c1-12-7-8-14(10-13(12)2)20-16(18)19-11-17(3,4)15-6-5-9-21-15;/h5-10H,11H2,1-4H3,(H3,18,19,20);1H. The minimum Gasteiger partial charge on any atom is -0.370 e. The first-order valence-corrected chi connectivity index (χ1v) is 7.94. The lowest BCUT2D eigenvalue weighted by molar-refractivity contribution is 0.551. The minimum absolute atomic E-state index is 0. The molecule has 1 aromatic heterocycles. The van der Waals surface area contributed by atoms with E-state index in [1.54, 1.807) is 11.3 Å². The van der Waals surface area contributed by atoms with Gasteiger partial charge in [-0.2, -0.15) is 0 Å². The molecule has 0 aliphatic heterocycles. The van der Waals surface area contributed by atoms with E-state index in [9.17, 15) is 0 Å². The van der Waals surface area contributed by atoms with Gasteiger partial charge in [-0.1, -0.05) is 26.0 Å². The highest BCUT2D eigenvalue weighted by atomic mass is 127. The van der Waals surface area contributed by atoms with Crippen molar-refractivity contribution >= 4 is 47.0 Å². The molecule has 3 N–H and O–H groups in total. The van der Waals surface area contributed by atoms with Gasteiger partial charge in [0.05, 0.1) is 6.54 Å². The average molecular weight is 429 g/mol. The molecule has 0 radical (unpaired) electrons. The first-order valence-electron chi connectivity index (χ1n) is 7.07. The Morgan fingerprint density at radius 3 is 2.55 bits per heavy atom. The number of nitrogens with two attached hydrogens (primary N) is 1. The SMILES string of the molecule is Cc1ccc(NC(N)=NCC(C)(C)c2cccs2)cc1C.I. The van der Waals surface area contributed by atoms with Crippen LogP contribution in [0, 0.1) is 13.8 Å². The molecule has 0 amide bonds. The third-order valence-electron chi connectivity index (χ3n) is 3.61. The molecule has 0 saturated carbocycles. The maximum absolute atomic E-state index is 6.00. The van der Waals surface area contributed by atoms with Crippen molar-refractivity contribution in [3.8, 4) is 0 Å². The van der Waals surface area contributed by atoms with E-state index in [1.807, 2.05) is 6.07 Å². The number of anilines is 1. The van der Waals surface area contributed by atoms with Gasteiger partial charge in [-0.25, -0.2) is 0 Å². The molecule has 0 spiro atoms.